The number of benzene rings is 1. The number of thiazole rings is 1. The molecule has 0 radical (unpaired) electrons. The van der Waals surface area contributed by atoms with Gasteiger partial charge in [0.2, 0.25) is 0 Å². The number of hydrogen-bond acceptors (Lipinski definition) is 3. The summed E-state index contributed by atoms with van der Waals surface area (Å²) in [6.07, 6.45) is 1.72. The average Bonchev–Trinajstić information content (AvgIpc) is 2.82. The van der Waals surface area contributed by atoms with Crippen LogP contribution in [0.1, 0.15) is 29.6 Å². The summed E-state index contributed by atoms with van der Waals surface area (Å²) < 4.78 is 0. The summed E-state index contributed by atoms with van der Waals surface area (Å²) in [6.45, 7) is 4.30. The third-order valence-electron chi connectivity index (χ3n) is 3.52. The van der Waals surface area contributed by atoms with Crippen LogP contribution in [-0.4, -0.2) is 16.7 Å². The van der Waals surface area contributed by atoms with E-state index in [1.54, 1.807) is 11.3 Å². The smallest absolute Gasteiger partial charge is 0.0937 e. The van der Waals surface area contributed by atoms with Crippen molar-refractivity contribution in [1.82, 2.24) is 4.98 Å². The van der Waals surface area contributed by atoms with E-state index in [9.17, 15) is 5.11 Å². The predicted octanol–water partition coefficient (Wildman–Crippen LogP) is 3.33. The van der Waals surface area contributed by atoms with Gasteiger partial charge < -0.3 is 5.11 Å². The fourth-order valence-electron chi connectivity index (χ4n) is 2.26. The molecule has 1 N–H and O–H groups in total. The standard InChI is InChI=1S/C15H19NOS/c1-3-15(11-17,13-7-5-4-6-8-13)9-14-16-12(2)10-18-14/h4-8,10,17H,3,9,11H2,1-2H3. The van der Waals surface area contributed by atoms with Crippen LogP contribution in [0.3, 0.4) is 0 Å². The first-order valence-electron chi connectivity index (χ1n) is 6.27. The van der Waals surface area contributed by atoms with E-state index in [0.29, 0.717) is 0 Å². The summed E-state index contributed by atoms with van der Waals surface area (Å²) in [7, 11) is 0. The van der Waals surface area contributed by atoms with Crippen molar-refractivity contribution >= 4 is 11.3 Å². The van der Waals surface area contributed by atoms with Gasteiger partial charge in [-0.15, -0.1) is 11.3 Å². The van der Waals surface area contributed by atoms with E-state index in [1.165, 1.54) is 5.56 Å². The average molecular weight is 261 g/mol. The Morgan fingerprint density at radius 1 is 1.28 bits per heavy atom. The molecule has 0 amide bonds. The quantitative estimate of drug-likeness (QED) is 0.895. The van der Waals surface area contributed by atoms with Gasteiger partial charge in [0.25, 0.3) is 0 Å². The van der Waals surface area contributed by atoms with Gasteiger partial charge in [-0.2, -0.15) is 0 Å². The molecule has 96 valence electrons. The summed E-state index contributed by atoms with van der Waals surface area (Å²) in [6, 6.07) is 10.3. The molecule has 18 heavy (non-hydrogen) atoms. The van der Waals surface area contributed by atoms with E-state index in [1.807, 2.05) is 25.1 Å². The molecule has 0 aliphatic rings. The van der Waals surface area contributed by atoms with Crippen molar-refractivity contribution in [3.8, 4) is 0 Å². The molecule has 2 rings (SSSR count). The Kier molecular flexibility index (Phi) is 4.15. The lowest BCUT2D eigenvalue weighted by Crippen LogP contribution is -2.32. The molecule has 0 aliphatic carbocycles. The molecule has 1 heterocycles. The Hall–Kier alpha value is -1.19. The van der Waals surface area contributed by atoms with Gasteiger partial charge in [-0.1, -0.05) is 37.3 Å². The van der Waals surface area contributed by atoms with E-state index >= 15 is 0 Å². The monoisotopic (exact) mass is 261 g/mol. The number of aryl methyl sites for hydroxylation is 1. The van der Waals surface area contributed by atoms with Crippen LogP contribution in [0, 0.1) is 6.92 Å². The molecule has 0 fully saturated rings. The molecule has 1 aromatic heterocycles. The zero-order valence-electron chi connectivity index (χ0n) is 10.9. The number of hydrogen-bond donors (Lipinski definition) is 1. The summed E-state index contributed by atoms with van der Waals surface area (Å²) in [4.78, 5) is 4.52. The molecule has 0 bridgehead atoms. The normalized spacial score (nSPS) is 14.4. The maximum Gasteiger partial charge on any atom is 0.0937 e. The number of nitrogens with zero attached hydrogens (tertiary/aromatic N) is 1. The number of aromatic nitrogens is 1. The minimum absolute atomic E-state index is 0.159. The lowest BCUT2D eigenvalue weighted by atomic mass is 9.76. The molecule has 0 aliphatic heterocycles. The molecule has 2 aromatic rings. The van der Waals surface area contributed by atoms with Crippen LogP contribution in [-0.2, 0) is 11.8 Å². The summed E-state index contributed by atoms with van der Waals surface area (Å²) >= 11 is 1.68. The van der Waals surface area contributed by atoms with Crippen molar-refractivity contribution in [3.63, 3.8) is 0 Å². The van der Waals surface area contributed by atoms with Crippen LogP contribution >= 0.6 is 11.3 Å². The van der Waals surface area contributed by atoms with Crippen molar-refractivity contribution in [2.75, 3.05) is 6.61 Å². The lowest BCUT2D eigenvalue weighted by Gasteiger charge is -2.30. The van der Waals surface area contributed by atoms with Crippen LogP contribution in [0.2, 0.25) is 0 Å². The molecular formula is C15H19NOS. The van der Waals surface area contributed by atoms with E-state index in [4.69, 9.17) is 0 Å². The van der Waals surface area contributed by atoms with Gasteiger partial charge in [-0.3, -0.25) is 0 Å². The molecular weight excluding hydrogens is 242 g/mol. The highest BCUT2D eigenvalue weighted by atomic mass is 32.1. The summed E-state index contributed by atoms with van der Waals surface area (Å²) in [5.74, 6) is 0. The van der Waals surface area contributed by atoms with Gasteiger partial charge >= 0.3 is 0 Å². The minimum atomic E-state index is -0.203. The molecule has 0 spiro atoms. The first-order chi connectivity index (χ1) is 8.70. The number of aliphatic hydroxyl groups excluding tert-OH is 1. The first kappa shape index (κ1) is 13.2. The minimum Gasteiger partial charge on any atom is -0.395 e. The summed E-state index contributed by atoms with van der Waals surface area (Å²) in [5.41, 5.74) is 2.06. The van der Waals surface area contributed by atoms with Crippen molar-refractivity contribution in [2.45, 2.75) is 32.1 Å². The molecule has 0 saturated heterocycles. The van der Waals surface area contributed by atoms with Crippen molar-refractivity contribution in [3.05, 3.63) is 52.0 Å². The molecule has 2 nitrogen and oxygen atoms in total. The summed E-state index contributed by atoms with van der Waals surface area (Å²) in [5, 5.41) is 13.0. The second-order valence-electron chi connectivity index (χ2n) is 4.72. The van der Waals surface area contributed by atoms with Gasteiger partial charge in [-0.05, 0) is 18.9 Å². The largest absolute Gasteiger partial charge is 0.395 e. The van der Waals surface area contributed by atoms with E-state index in [2.05, 4.69) is 29.4 Å². The van der Waals surface area contributed by atoms with E-state index in [0.717, 1.165) is 23.5 Å². The highest BCUT2D eigenvalue weighted by Gasteiger charge is 2.30. The van der Waals surface area contributed by atoms with Crippen molar-refractivity contribution in [2.24, 2.45) is 0 Å². The second kappa shape index (κ2) is 5.63. The fourth-order valence-corrected chi connectivity index (χ4v) is 3.17. The van der Waals surface area contributed by atoms with E-state index in [-0.39, 0.29) is 12.0 Å². The molecule has 3 heteroatoms. The van der Waals surface area contributed by atoms with Crippen molar-refractivity contribution in [1.29, 1.82) is 0 Å². The zero-order chi connectivity index (χ0) is 13.0. The lowest BCUT2D eigenvalue weighted by molar-refractivity contribution is 0.186. The number of aliphatic hydroxyl groups is 1. The SMILES string of the molecule is CCC(CO)(Cc1nc(C)cs1)c1ccccc1. The third kappa shape index (κ3) is 2.62. The second-order valence-corrected chi connectivity index (χ2v) is 5.66. The molecule has 1 aromatic carbocycles. The van der Waals surface area contributed by atoms with Gasteiger partial charge in [0.1, 0.15) is 0 Å². The first-order valence-corrected chi connectivity index (χ1v) is 7.15. The number of rotatable bonds is 5. The van der Waals surface area contributed by atoms with Gasteiger partial charge in [0.05, 0.1) is 11.6 Å². The fraction of sp³-hybridized carbons (Fsp3) is 0.400. The maximum atomic E-state index is 9.87. The van der Waals surface area contributed by atoms with E-state index < -0.39 is 0 Å². The Bertz CT molecular complexity index is 488. The van der Waals surface area contributed by atoms with Crippen LogP contribution < -0.4 is 0 Å². The van der Waals surface area contributed by atoms with Gasteiger partial charge in [0, 0.05) is 22.9 Å². The van der Waals surface area contributed by atoms with Gasteiger partial charge in [0.15, 0.2) is 0 Å². The predicted molar refractivity (Wildman–Crippen MR) is 76.1 cm³/mol. The Balaban J connectivity index is 2.32. The van der Waals surface area contributed by atoms with Crippen LogP contribution in [0.15, 0.2) is 35.7 Å². The Labute approximate surface area is 112 Å². The Morgan fingerprint density at radius 3 is 2.50 bits per heavy atom. The molecule has 1 atom stereocenters. The van der Waals surface area contributed by atoms with Crippen molar-refractivity contribution < 1.29 is 5.11 Å². The zero-order valence-corrected chi connectivity index (χ0v) is 11.7. The highest BCUT2D eigenvalue weighted by molar-refractivity contribution is 7.09. The van der Waals surface area contributed by atoms with Crippen LogP contribution in [0.5, 0.6) is 0 Å². The highest BCUT2D eigenvalue weighted by Crippen LogP contribution is 2.32. The van der Waals surface area contributed by atoms with Crippen LogP contribution in [0.25, 0.3) is 0 Å². The van der Waals surface area contributed by atoms with Crippen LogP contribution in [0.4, 0.5) is 0 Å². The molecule has 1 unspecified atom stereocenters. The van der Waals surface area contributed by atoms with Gasteiger partial charge in [-0.25, -0.2) is 4.98 Å². The topological polar surface area (TPSA) is 33.1 Å². The third-order valence-corrected chi connectivity index (χ3v) is 4.49. The maximum absolute atomic E-state index is 9.87. The molecule has 0 saturated carbocycles. The Morgan fingerprint density at radius 2 is 2.00 bits per heavy atom.